The molecule has 0 unspecified atom stereocenters. The summed E-state index contributed by atoms with van der Waals surface area (Å²) in [7, 11) is 0. The van der Waals surface area contributed by atoms with E-state index in [9.17, 15) is 4.79 Å². The number of thiophene rings is 1. The summed E-state index contributed by atoms with van der Waals surface area (Å²) < 4.78 is 16.6. The molecule has 2 aliphatic rings. The number of hydrogen-bond acceptors (Lipinski definition) is 5. The van der Waals surface area contributed by atoms with E-state index in [1.54, 1.807) is 0 Å². The molecule has 120 valence electrons. The van der Waals surface area contributed by atoms with Crippen LogP contribution in [0.2, 0.25) is 0 Å². The van der Waals surface area contributed by atoms with Crippen LogP contribution in [0.1, 0.15) is 15.2 Å². The SMILES string of the molecule is O=C(NC[C@@H]1COCCO1)c1cc2c(s1)-c1ccccc1OC2. The molecule has 0 saturated carbocycles. The predicted octanol–water partition coefficient (Wildman–Crippen LogP) is 2.45. The van der Waals surface area contributed by atoms with Crippen LogP contribution in [0.4, 0.5) is 0 Å². The minimum absolute atomic E-state index is 0.0636. The van der Waals surface area contributed by atoms with Crippen molar-refractivity contribution in [2.24, 2.45) is 0 Å². The van der Waals surface area contributed by atoms with Crippen LogP contribution in [0.5, 0.6) is 5.75 Å². The first-order valence-electron chi connectivity index (χ1n) is 7.64. The number of rotatable bonds is 3. The smallest absolute Gasteiger partial charge is 0.261 e. The Kier molecular flexibility index (Phi) is 4.03. The second-order valence-electron chi connectivity index (χ2n) is 5.53. The molecule has 0 bridgehead atoms. The second kappa shape index (κ2) is 6.31. The Bertz CT molecular complexity index is 721. The van der Waals surface area contributed by atoms with E-state index in [4.69, 9.17) is 14.2 Å². The van der Waals surface area contributed by atoms with E-state index in [2.05, 4.69) is 5.32 Å². The molecule has 23 heavy (non-hydrogen) atoms. The lowest BCUT2D eigenvalue weighted by molar-refractivity contribution is -0.0855. The number of para-hydroxylation sites is 1. The monoisotopic (exact) mass is 331 g/mol. The van der Waals surface area contributed by atoms with Crippen molar-refractivity contribution in [3.8, 4) is 16.2 Å². The molecule has 1 N–H and O–H groups in total. The number of ether oxygens (including phenoxy) is 3. The van der Waals surface area contributed by atoms with E-state index in [-0.39, 0.29) is 12.0 Å². The maximum Gasteiger partial charge on any atom is 0.261 e. The Hall–Kier alpha value is -1.89. The Balaban J connectivity index is 1.48. The highest BCUT2D eigenvalue weighted by atomic mass is 32.1. The van der Waals surface area contributed by atoms with Crippen LogP contribution in [0, 0.1) is 0 Å². The Morgan fingerprint density at radius 3 is 3.09 bits per heavy atom. The molecule has 6 heteroatoms. The first-order valence-corrected chi connectivity index (χ1v) is 8.45. The first kappa shape index (κ1) is 14.7. The number of fused-ring (bicyclic) bond motifs is 3. The van der Waals surface area contributed by atoms with Gasteiger partial charge >= 0.3 is 0 Å². The zero-order valence-electron chi connectivity index (χ0n) is 12.5. The van der Waals surface area contributed by atoms with Gasteiger partial charge in [0.15, 0.2) is 0 Å². The van der Waals surface area contributed by atoms with Crippen molar-refractivity contribution < 1.29 is 19.0 Å². The van der Waals surface area contributed by atoms with Crippen molar-refractivity contribution in [2.45, 2.75) is 12.7 Å². The van der Waals surface area contributed by atoms with Gasteiger partial charge in [0.05, 0.1) is 30.8 Å². The summed E-state index contributed by atoms with van der Waals surface area (Å²) >= 11 is 1.51. The summed E-state index contributed by atoms with van der Waals surface area (Å²) in [6.07, 6.45) is -0.0636. The molecule has 1 aromatic carbocycles. The number of hydrogen-bond donors (Lipinski definition) is 1. The van der Waals surface area contributed by atoms with Crippen LogP contribution in [-0.2, 0) is 16.1 Å². The largest absolute Gasteiger partial charge is 0.488 e. The molecular formula is C17H17NO4S. The standard InChI is InChI=1S/C17H17NO4S/c19-17(18-8-12-10-20-5-6-21-12)15-7-11-9-22-14-4-2-1-3-13(14)16(11)23-15/h1-4,7,12H,5-6,8-10H2,(H,18,19)/t12-/m1/s1. The zero-order valence-corrected chi connectivity index (χ0v) is 13.4. The fourth-order valence-electron chi connectivity index (χ4n) is 2.76. The van der Waals surface area contributed by atoms with Gasteiger partial charge in [0.25, 0.3) is 5.91 Å². The van der Waals surface area contributed by atoms with Gasteiger partial charge in [0.2, 0.25) is 0 Å². The summed E-state index contributed by atoms with van der Waals surface area (Å²) in [5, 5.41) is 2.93. The molecule has 1 fully saturated rings. The van der Waals surface area contributed by atoms with Crippen molar-refractivity contribution in [3.05, 3.63) is 40.8 Å². The second-order valence-corrected chi connectivity index (χ2v) is 6.58. The Morgan fingerprint density at radius 2 is 2.22 bits per heavy atom. The van der Waals surface area contributed by atoms with Crippen LogP contribution in [-0.4, -0.2) is 38.4 Å². The summed E-state index contributed by atoms with van der Waals surface area (Å²) in [6.45, 7) is 2.72. The van der Waals surface area contributed by atoms with Crippen molar-refractivity contribution in [1.29, 1.82) is 0 Å². The molecule has 1 atom stereocenters. The van der Waals surface area contributed by atoms with E-state index >= 15 is 0 Å². The van der Waals surface area contributed by atoms with E-state index in [0.717, 1.165) is 21.8 Å². The molecular weight excluding hydrogens is 314 g/mol. The molecule has 2 aromatic rings. The van der Waals surface area contributed by atoms with Gasteiger partial charge in [-0.2, -0.15) is 0 Å². The van der Waals surface area contributed by atoms with Gasteiger partial charge in [-0.25, -0.2) is 0 Å². The van der Waals surface area contributed by atoms with Gasteiger partial charge in [-0.1, -0.05) is 12.1 Å². The average molecular weight is 331 g/mol. The highest BCUT2D eigenvalue weighted by Crippen LogP contribution is 2.42. The summed E-state index contributed by atoms with van der Waals surface area (Å²) in [4.78, 5) is 14.2. The minimum atomic E-state index is -0.0731. The van der Waals surface area contributed by atoms with Gasteiger partial charge < -0.3 is 19.5 Å². The third kappa shape index (κ3) is 2.97. The van der Waals surface area contributed by atoms with Gasteiger partial charge in [-0.15, -0.1) is 11.3 Å². The van der Waals surface area contributed by atoms with Crippen molar-refractivity contribution >= 4 is 17.2 Å². The number of carbonyl (C=O) groups is 1. The van der Waals surface area contributed by atoms with Crippen LogP contribution in [0.25, 0.3) is 10.4 Å². The van der Waals surface area contributed by atoms with Gasteiger partial charge in [-0.05, 0) is 18.2 Å². The van der Waals surface area contributed by atoms with Crippen molar-refractivity contribution in [3.63, 3.8) is 0 Å². The number of carbonyl (C=O) groups excluding carboxylic acids is 1. The van der Waals surface area contributed by atoms with Crippen LogP contribution < -0.4 is 10.1 Å². The highest BCUT2D eigenvalue weighted by Gasteiger charge is 2.23. The maximum absolute atomic E-state index is 12.4. The number of benzene rings is 1. The third-order valence-electron chi connectivity index (χ3n) is 3.92. The lowest BCUT2D eigenvalue weighted by atomic mass is 10.1. The molecule has 1 saturated heterocycles. The van der Waals surface area contributed by atoms with Gasteiger partial charge in [-0.3, -0.25) is 4.79 Å². The van der Waals surface area contributed by atoms with Crippen molar-refractivity contribution in [2.75, 3.05) is 26.4 Å². The zero-order chi connectivity index (χ0) is 15.6. The maximum atomic E-state index is 12.4. The molecule has 4 rings (SSSR count). The topological polar surface area (TPSA) is 56.8 Å². The molecule has 1 amide bonds. The van der Waals surface area contributed by atoms with Crippen molar-refractivity contribution in [1.82, 2.24) is 5.32 Å². The quantitative estimate of drug-likeness (QED) is 0.939. The van der Waals surface area contributed by atoms with Crippen LogP contribution >= 0.6 is 11.3 Å². The fraction of sp³-hybridized carbons (Fsp3) is 0.353. The van der Waals surface area contributed by atoms with Gasteiger partial charge in [0, 0.05) is 22.5 Å². The van der Waals surface area contributed by atoms with E-state index in [0.29, 0.717) is 37.8 Å². The fourth-order valence-corrected chi connectivity index (χ4v) is 3.87. The molecule has 0 aliphatic carbocycles. The number of amides is 1. The van der Waals surface area contributed by atoms with E-state index < -0.39 is 0 Å². The Morgan fingerprint density at radius 1 is 1.30 bits per heavy atom. The molecule has 5 nitrogen and oxygen atoms in total. The molecule has 0 spiro atoms. The molecule has 1 aromatic heterocycles. The molecule has 2 aliphatic heterocycles. The first-order chi connectivity index (χ1) is 11.3. The molecule has 0 radical (unpaired) electrons. The minimum Gasteiger partial charge on any atom is -0.488 e. The normalized spacial score (nSPS) is 19.4. The molecule has 3 heterocycles. The summed E-state index contributed by atoms with van der Waals surface area (Å²) in [5.41, 5.74) is 2.12. The van der Waals surface area contributed by atoms with E-state index in [1.165, 1.54) is 11.3 Å². The highest BCUT2D eigenvalue weighted by molar-refractivity contribution is 7.17. The third-order valence-corrected chi connectivity index (χ3v) is 5.13. The van der Waals surface area contributed by atoms with Gasteiger partial charge in [0.1, 0.15) is 12.4 Å². The lowest BCUT2D eigenvalue weighted by Crippen LogP contribution is -2.39. The summed E-state index contributed by atoms with van der Waals surface area (Å²) in [5.74, 6) is 0.803. The number of nitrogens with one attached hydrogen (secondary N) is 1. The Labute approximate surface area is 138 Å². The van der Waals surface area contributed by atoms with Crippen LogP contribution in [0.15, 0.2) is 30.3 Å². The average Bonchev–Trinajstić information content (AvgIpc) is 3.05. The van der Waals surface area contributed by atoms with Crippen LogP contribution in [0.3, 0.4) is 0 Å². The summed E-state index contributed by atoms with van der Waals surface area (Å²) in [6, 6.07) is 9.84. The van der Waals surface area contributed by atoms with E-state index in [1.807, 2.05) is 30.3 Å². The lowest BCUT2D eigenvalue weighted by Gasteiger charge is -2.22. The predicted molar refractivity (Wildman–Crippen MR) is 87.0 cm³/mol.